The van der Waals surface area contributed by atoms with Gasteiger partial charge in [-0.15, -0.1) is 0 Å². The molecule has 8 nitrogen and oxygen atoms in total. The van der Waals surface area contributed by atoms with E-state index in [1.54, 1.807) is 36.3 Å². The number of anilines is 1. The van der Waals surface area contributed by atoms with Gasteiger partial charge >= 0.3 is 12.0 Å². The number of fused-ring (bicyclic) bond motifs is 1. The van der Waals surface area contributed by atoms with Crippen molar-refractivity contribution in [2.75, 3.05) is 18.6 Å². The summed E-state index contributed by atoms with van der Waals surface area (Å²) >= 11 is 6.16. The number of amides is 3. The summed E-state index contributed by atoms with van der Waals surface area (Å²) in [5.74, 6) is -0.964. The van der Waals surface area contributed by atoms with Gasteiger partial charge in [0.2, 0.25) is 0 Å². The molecule has 2 atom stereocenters. The smallest absolute Gasteiger partial charge is 0.328 e. The van der Waals surface area contributed by atoms with Crippen LogP contribution in [0.4, 0.5) is 10.5 Å². The maximum atomic E-state index is 12.4. The Bertz CT molecular complexity index is 995. The summed E-state index contributed by atoms with van der Waals surface area (Å²) in [6.45, 7) is 0.0937. The second-order valence-electron chi connectivity index (χ2n) is 6.83. The van der Waals surface area contributed by atoms with Crippen molar-refractivity contribution < 1.29 is 24.2 Å². The summed E-state index contributed by atoms with van der Waals surface area (Å²) in [7, 11) is 1.56. The van der Waals surface area contributed by atoms with Crippen LogP contribution in [0, 0.1) is 0 Å². The topological polar surface area (TPSA) is 99.2 Å². The second-order valence-corrected chi connectivity index (χ2v) is 7.27. The van der Waals surface area contributed by atoms with Gasteiger partial charge in [-0.1, -0.05) is 23.7 Å². The molecule has 2 heterocycles. The molecule has 3 amide bonds. The van der Waals surface area contributed by atoms with Gasteiger partial charge in [0.05, 0.1) is 19.7 Å². The average Bonchev–Trinajstić information content (AvgIpc) is 3.18. The lowest BCUT2D eigenvalue weighted by atomic mass is 10.0. The Morgan fingerprint density at radius 3 is 2.72 bits per heavy atom. The summed E-state index contributed by atoms with van der Waals surface area (Å²) in [5, 5.41) is 12.9. The van der Waals surface area contributed by atoms with Crippen molar-refractivity contribution in [2.24, 2.45) is 0 Å². The number of rotatable bonds is 5. The number of hydrogen-bond donors (Lipinski definition) is 2. The van der Waals surface area contributed by atoms with Crippen LogP contribution in [-0.2, 0) is 16.1 Å². The number of halogens is 1. The number of nitrogens with one attached hydrogen (secondary N) is 1. The van der Waals surface area contributed by atoms with E-state index in [9.17, 15) is 19.5 Å². The molecular formula is C20H18ClN3O5. The van der Waals surface area contributed by atoms with Crippen LogP contribution in [0.3, 0.4) is 0 Å². The molecule has 0 spiro atoms. The summed E-state index contributed by atoms with van der Waals surface area (Å²) in [4.78, 5) is 39.6. The van der Waals surface area contributed by atoms with Crippen molar-refractivity contribution in [3.8, 4) is 5.75 Å². The molecule has 0 aromatic heterocycles. The summed E-state index contributed by atoms with van der Waals surface area (Å²) in [6.07, 6.45) is 0. The largest absolute Gasteiger partial charge is 0.497 e. The third-order valence-electron chi connectivity index (χ3n) is 5.15. The van der Waals surface area contributed by atoms with Crippen LogP contribution in [-0.4, -0.2) is 47.6 Å². The Morgan fingerprint density at radius 1 is 1.28 bits per heavy atom. The molecule has 2 N–H and O–H groups in total. The highest BCUT2D eigenvalue weighted by Crippen LogP contribution is 2.45. The van der Waals surface area contributed by atoms with Crippen molar-refractivity contribution in [3.05, 3.63) is 58.6 Å². The van der Waals surface area contributed by atoms with E-state index in [2.05, 4.69) is 5.32 Å². The molecule has 29 heavy (non-hydrogen) atoms. The predicted molar refractivity (Wildman–Crippen MR) is 105 cm³/mol. The van der Waals surface area contributed by atoms with Gasteiger partial charge in [0.25, 0.3) is 5.91 Å². The molecule has 2 aromatic carbocycles. The lowest BCUT2D eigenvalue weighted by Crippen LogP contribution is -2.48. The number of carboxylic acids is 1. The zero-order valence-electron chi connectivity index (χ0n) is 15.5. The van der Waals surface area contributed by atoms with Crippen LogP contribution in [0.1, 0.15) is 17.2 Å². The molecule has 1 saturated heterocycles. The highest BCUT2D eigenvalue weighted by atomic mass is 35.5. The normalized spacial score (nSPS) is 20.6. The van der Waals surface area contributed by atoms with E-state index in [0.717, 1.165) is 10.5 Å². The number of aliphatic carboxylic acids is 1. The lowest BCUT2D eigenvalue weighted by molar-refractivity contribution is -0.140. The Balaban J connectivity index is 1.81. The van der Waals surface area contributed by atoms with Crippen molar-refractivity contribution in [2.45, 2.75) is 18.6 Å². The SMILES string of the molecule is COc1cccc(CN2c3ccc(Cl)cc3C(N3C(=O)CNC3=O)C2C(=O)O)c1. The van der Waals surface area contributed by atoms with E-state index in [1.165, 1.54) is 0 Å². The zero-order chi connectivity index (χ0) is 20.7. The molecule has 150 valence electrons. The van der Waals surface area contributed by atoms with Crippen molar-refractivity contribution >= 4 is 35.2 Å². The average molecular weight is 416 g/mol. The van der Waals surface area contributed by atoms with E-state index >= 15 is 0 Å². The monoisotopic (exact) mass is 415 g/mol. The van der Waals surface area contributed by atoms with Crippen LogP contribution in [0.5, 0.6) is 5.75 Å². The molecule has 4 rings (SSSR count). The first-order valence-electron chi connectivity index (χ1n) is 8.92. The van der Waals surface area contributed by atoms with Crippen LogP contribution in [0.25, 0.3) is 0 Å². The van der Waals surface area contributed by atoms with Gasteiger partial charge in [-0.25, -0.2) is 9.59 Å². The Labute approximate surface area is 171 Å². The molecule has 2 aromatic rings. The molecule has 2 unspecified atom stereocenters. The van der Waals surface area contributed by atoms with Crippen molar-refractivity contribution in [3.63, 3.8) is 0 Å². The van der Waals surface area contributed by atoms with Crippen molar-refractivity contribution in [1.29, 1.82) is 0 Å². The third kappa shape index (κ3) is 3.25. The number of nitrogens with zero attached hydrogens (tertiary/aromatic N) is 2. The van der Waals surface area contributed by atoms with Gasteiger partial charge in [0.15, 0.2) is 6.04 Å². The minimum atomic E-state index is -1.15. The molecule has 0 radical (unpaired) electrons. The maximum absolute atomic E-state index is 12.4. The first-order valence-corrected chi connectivity index (χ1v) is 9.30. The van der Waals surface area contributed by atoms with Gasteiger partial charge in [-0.3, -0.25) is 9.69 Å². The Hall–Kier alpha value is -3.26. The highest BCUT2D eigenvalue weighted by Gasteiger charge is 2.51. The second kappa shape index (κ2) is 7.29. The van der Waals surface area contributed by atoms with E-state index in [1.807, 2.05) is 18.2 Å². The minimum Gasteiger partial charge on any atom is -0.497 e. The number of urea groups is 1. The molecule has 2 aliphatic heterocycles. The Kier molecular flexibility index (Phi) is 4.79. The molecule has 0 saturated carbocycles. The van der Waals surface area contributed by atoms with Crippen molar-refractivity contribution in [1.82, 2.24) is 10.2 Å². The number of carbonyl (C=O) groups excluding carboxylic acids is 2. The fourth-order valence-electron chi connectivity index (χ4n) is 3.93. The summed E-state index contributed by atoms with van der Waals surface area (Å²) in [6, 6.07) is 9.53. The maximum Gasteiger partial charge on any atom is 0.328 e. The summed E-state index contributed by atoms with van der Waals surface area (Å²) < 4.78 is 5.25. The van der Waals surface area contributed by atoms with Gasteiger partial charge in [-0.05, 0) is 35.9 Å². The Morgan fingerprint density at radius 2 is 2.07 bits per heavy atom. The quantitative estimate of drug-likeness (QED) is 0.727. The molecule has 1 fully saturated rings. The molecule has 2 aliphatic rings. The molecular weight excluding hydrogens is 398 g/mol. The number of hydrogen-bond acceptors (Lipinski definition) is 5. The van der Waals surface area contributed by atoms with E-state index in [4.69, 9.17) is 16.3 Å². The highest BCUT2D eigenvalue weighted by molar-refractivity contribution is 6.30. The molecule has 9 heteroatoms. The standard InChI is InChI=1S/C20H18ClN3O5/c1-29-13-4-2-3-11(7-13)10-23-15-6-5-12(21)8-14(15)17(18(23)19(26)27)24-16(25)9-22-20(24)28/h2-8,17-18H,9-10H2,1H3,(H,22,28)(H,26,27). The van der Waals surface area contributed by atoms with E-state index in [-0.39, 0.29) is 13.1 Å². The molecule has 0 bridgehead atoms. The van der Waals surface area contributed by atoms with Gasteiger partial charge in [0, 0.05) is 22.8 Å². The fourth-order valence-corrected chi connectivity index (χ4v) is 4.11. The number of methoxy groups -OCH3 is 1. The van der Waals surface area contributed by atoms with Gasteiger partial charge < -0.3 is 20.1 Å². The van der Waals surface area contributed by atoms with E-state index < -0.39 is 30.0 Å². The van der Waals surface area contributed by atoms with E-state index in [0.29, 0.717) is 22.0 Å². The number of imide groups is 1. The van der Waals surface area contributed by atoms with Gasteiger partial charge in [-0.2, -0.15) is 0 Å². The first-order chi connectivity index (χ1) is 13.9. The van der Waals surface area contributed by atoms with Crippen LogP contribution in [0.15, 0.2) is 42.5 Å². The third-order valence-corrected chi connectivity index (χ3v) is 5.38. The fraction of sp³-hybridized carbons (Fsp3) is 0.250. The molecule has 0 aliphatic carbocycles. The van der Waals surface area contributed by atoms with Crippen LogP contribution in [0.2, 0.25) is 5.02 Å². The predicted octanol–water partition coefficient (Wildman–Crippen LogP) is 2.41. The number of carboxylic acid groups (broad SMARTS) is 1. The van der Waals surface area contributed by atoms with Gasteiger partial charge in [0.1, 0.15) is 5.75 Å². The number of carbonyl (C=O) groups is 3. The first kappa shape index (κ1) is 19.1. The number of benzene rings is 2. The zero-order valence-corrected chi connectivity index (χ0v) is 16.2. The summed E-state index contributed by atoms with van der Waals surface area (Å²) in [5.41, 5.74) is 1.97. The lowest BCUT2D eigenvalue weighted by Gasteiger charge is -2.30. The van der Waals surface area contributed by atoms with Crippen LogP contribution >= 0.6 is 11.6 Å². The van der Waals surface area contributed by atoms with Crippen LogP contribution < -0.4 is 15.0 Å². The number of ether oxygens (including phenoxy) is 1. The minimum absolute atomic E-state index is 0.159.